The summed E-state index contributed by atoms with van der Waals surface area (Å²) in [6, 6.07) is 0.301. The Hall–Kier alpha value is -1.93. The summed E-state index contributed by atoms with van der Waals surface area (Å²) in [5.41, 5.74) is 7.45. The molecule has 0 radical (unpaired) electrons. The zero-order chi connectivity index (χ0) is 17.1. The summed E-state index contributed by atoms with van der Waals surface area (Å²) in [5, 5.41) is 1.76. The topological polar surface area (TPSA) is 102 Å². The molecule has 0 aliphatic heterocycles. The van der Waals surface area contributed by atoms with Crippen molar-refractivity contribution in [1.29, 1.82) is 0 Å². The van der Waals surface area contributed by atoms with Gasteiger partial charge in [-0.2, -0.15) is 9.97 Å². The molecule has 1 fully saturated rings. The molecule has 2 aromatic heterocycles. The number of hydrogen-bond donors (Lipinski definition) is 2. The van der Waals surface area contributed by atoms with Crippen molar-refractivity contribution in [1.82, 2.24) is 24.4 Å². The first-order chi connectivity index (χ1) is 11.6. The lowest BCUT2D eigenvalue weighted by molar-refractivity contribution is 0.387. The van der Waals surface area contributed by atoms with Crippen molar-refractivity contribution in [2.24, 2.45) is 5.84 Å². The maximum atomic E-state index is 6.39. The van der Waals surface area contributed by atoms with Crippen LogP contribution in [0.5, 0.6) is 0 Å². The molecule has 1 aliphatic carbocycles. The lowest BCUT2D eigenvalue weighted by Crippen LogP contribution is -2.43. The second-order valence-corrected chi connectivity index (χ2v) is 6.87. The van der Waals surface area contributed by atoms with E-state index in [1.54, 1.807) is 5.01 Å². The van der Waals surface area contributed by atoms with E-state index in [2.05, 4.69) is 33.9 Å². The Morgan fingerprint density at radius 1 is 1.21 bits per heavy atom. The average Bonchev–Trinajstić information content (AvgIpc) is 2.97. The lowest BCUT2D eigenvalue weighted by atomic mass is 9.95. The standard InChI is InChI=1S/C16H28N8/c1-22(2)9-6-10-23-11-19-13-14(23)20-16(17)21-15(13)24(18)12-7-4-3-5-8-12/h11-12H,3-10,18H2,1-2H3,(H2,17,20,21). The van der Waals surface area contributed by atoms with Gasteiger partial charge < -0.3 is 15.2 Å². The maximum absolute atomic E-state index is 6.39. The summed E-state index contributed by atoms with van der Waals surface area (Å²) < 4.78 is 2.04. The number of rotatable bonds is 6. The molecule has 0 amide bonds. The molecule has 2 aromatic rings. The molecule has 4 N–H and O–H groups in total. The molecule has 1 aliphatic rings. The van der Waals surface area contributed by atoms with E-state index < -0.39 is 0 Å². The van der Waals surface area contributed by atoms with Crippen LogP contribution in [0.1, 0.15) is 38.5 Å². The summed E-state index contributed by atoms with van der Waals surface area (Å²) in [4.78, 5) is 15.5. The van der Waals surface area contributed by atoms with E-state index in [-0.39, 0.29) is 5.95 Å². The highest BCUT2D eigenvalue weighted by Gasteiger charge is 2.24. The Balaban J connectivity index is 1.87. The number of nitrogens with zero attached hydrogens (tertiary/aromatic N) is 6. The van der Waals surface area contributed by atoms with Crippen LogP contribution in [0.25, 0.3) is 11.2 Å². The summed E-state index contributed by atoms with van der Waals surface area (Å²) in [6.45, 7) is 1.86. The normalized spacial score (nSPS) is 16.2. The molecule has 8 heteroatoms. The van der Waals surface area contributed by atoms with E-state index >= 15 is 0 Å². The predicted molar refractivity (Wildman–Crippen MR) is 96.4 cm³/mol. The molecule has 0 atom stereocenters. The molecule has 2 heterocycles. The Labute approximate surface area is 142 Å². The molecule has 24 heavy (non-hydrogen) atoms. The fraction of sp³-hybridized carbons (Fsp3) is 0.688. The third kappa shape index (κ3) is 3.59. The smallest absolute Gasteiger partial charge is 0.224 e. The number of aromatic nitrogens is 4. The van der Waals surface area contributed by atoms with Crippen LogP contribution in [-0.2, 0) is 6.54 Å². The number of anilines is 2. The highest BCUT2D eigenvalue weighted by Crippen LogP contribution is 2.28. The minimum absolute atomic E-state index is 0.248. The van der Waals surface area contributed by atoms with Crippen LogP contribution in [0.2, 0.25) is 0 Å². The van der Waals surface area contributed by atoms with Crippen LogP contribution in [0.3, 0.4) is 0 Å². The Bertz CT molecular complexity index is 674. The van der Waals surface area contributed by atoms with Gasteiger partial charge in [0, 0.05) is 12.6 Å². The third-order valence-electron chi connectivity index (χ3n) is 4.68. The van der Waals surface area contributed by atoms with Gasteiger partial charge >= 0.3 is 0 Å². The minimum Gasteiger partial charge on any atom is -0.368 e. The van der Waals surface area contributed by atoms with Crippen molar-refractivity contribution >= 4 is 22.9 Å². The highest BCUT2D eigenvalue weighted by molar-refractivity contribution is 5.84. The molecular weight excluding hydrogens is 304 g/mol. The number of aryl methyl sites for hydroxylation is 1. The Morgan fingerprint density at radius 3 is 2.67 bits per heavy atom. The predicted octanol–water partition coefficient (Wildman–Crippen LogP) is 1.37. The van der Waals surface area contributed by atoms with Crippen molar-refractivity contribution < 1.29 is 0 Å². The van der Waals surface area contributed by atoms with E-state index in [0.717, 1.165) is 43.5 Å². The van der Waals surface area contributed by atoms with Crippen molar-refractivity contribution in [2.75, 3.05) is 31.4 Å². The molecule has 3 rings (SSSR count). The van der Waals surface area contributed by atoms with Gasteiger partial charge in [-0.25, -0.2) is 10.8 Å². The molecule has 132 valence electrons. The van der Waals surface area contributed by atoms with Crippen LogP contribution in [0, 0.1) is 0 Å². The quantitative estimate of drug-likeness (QED) is 0.608. The van der Waals surface area contributed by atoms with Crippen molar-refractivity contribution in [3.05, 3.63) is 6.33 Å². The van der Waals surface area contributed by atoms with Gasteiger partial charge in [0.2, 0.25) is 5.95 Å². The van der Waals surface area contributed by atoms with Crippen LogP contribution >= 0.6 is 0 Å². The summed E-state index contributed by atoms with van der Waals surface area (Å²) >= 11 is 0. The van der Waals surface area contributed by atoms with Gasteiger partial charge in [0.1, 0.15) is 0 Å². The number of nitrogens with two attached hydrogens (primary N) is 2. The SMILES string of the molecule is CN(C)CCCn1cnc2c(N(N)C3CCCCC3)nc(N)nc21. The van der Waals surface area contributed by atoms with Gasteiger partial charge in [0.05, 0.1) is 6.33 Å². The molecular formula is C16H28N8. The first-order valence-corrected chi connectivity index (χ1v) is 8.73. The first-order valence-electron chi connectivity index (χ1n) is 8.73. The van der Waals surface area contributed by atoms with E-state index in [1.807, 2.05) is 10.9 Å². The third-order valence-corrected chi connectivity index (χ3v) is 4.68. The maximum Gasteiger partial charge on any atom is 0.224 e. The molecule has 8 nitrogen and oxygen atoms in total. The van der Waals surface area contributed by atoms with Crippen molar-refractivity contribution in [3.63, 3.8) is 0 Å². The fourth-order valence-electron chi connectivity index (χ4n) is 3.38. The van der Waals surface area contributed by atoms with Crippen molar-refractivity contribution in [2.45, 2.75) is 51.1 Å². The van der Waals surface area contributed by atoms with Gasteiger partial charge in [-0.3, -0.25) is 5.01 Å². The zero-order valence-electron chi connectivity index (χ0n) is 14.6. The Kier molecular flexibility index (Phi) is 5.15. The second-order valence-electron chi connectivity index (χ2n) is 6.87. The second kappa shape index (κ2) is 7.31. The molecule has 0 saturated heterocycles. The first kappa shape index (κ1) is 16.9. The van der Waals surface area contributed by atoms with Crippen LogP contribution in [-0.4, -0.2) is 51.1 Å². The molecule has 0 unspecified atom stereocenters. The van der Waals surface area contributed by atoms with Gasteiger partial charge in [-0.05, 0) is 39.9 Å². The van der Waals surface area contributed by atoms with Crippen molar-refractivity contribution in [3.8, 4) is 0 Å². The molecule has 1 saturated carbocycles. The van der Waals surface area contributed by atoms with Gasteiger partial charge in [-0.15, -0.1) is 0 Å². The number of fused-ring (bicyclic) bond motifs is 1. The van der Waals surface area contributed by atoms with Crippen LogP contribution < -0.4 is 16.6 Å². The van der Waals surface area contributed by atoms with Gasteiger partial charge in [0.25, 0.3) is 0 Å². The monoisotopic (exact) mass is 332 g/mol. The van der Waals surface area contributed by atoms with E-state index in [9.17, 15) is 0 Å². The zero-order valence-corrected chi connectivity index (χ0v) is 14.6. The number of hydrazine groups is 1. The van der Waals surface area contributed by atoms with E-state index in [0.29, 0.717) is 11.9 Å². The van der Waals surface area contributed by atoms with Crippen LogP contribution in [0.15, 0.2) is 6.33 Å². The molecule has 0 aromatic carbocycles. The molecule has 0 bridgehead atoms. The number of nitrogen functional groups attached to an aromatic ring is 1. The highest BCUT2D eigenvalue weighted by atomic mass is 15.5. The van der Waals surface area contributed by atoms with E-state index in [1.165, 1.54) is 19.3 Å². The summed E-state index contributed by atoms with van der Waals surface area (Å²) in [7, 11) is 4.14. The number of hydrogen-bond acceptors (Lipinski definition) is 7. The summed E-state index contributed by atoms with van der Waals surface area (Å²) in [6.07, 6.45) is 8.71. The average molecular weight is 332 g/mol. The summed E-state index contributed by atoms with van der Waals surface area (Å²) in [5.74, 6) is 7.28. The number of imidazole rings is 1. The Morgan fingerprint density at radius 2 is 1.96 bits per heavy atom. The largest absolute Gasteiger partial charge is 0.368 e. The van der Waals surface area contributed by atoms with Gasteiger partial charge in [0.15, 0.2) is 17.0 Å². The van der Waals surface area contributed by atoms with Gasteiger partial charge in [-0.1, -0.05) is 19.3 Å². The fourth-order valence-corrected chi connectivity index (χ4v) is 3.38. The van der Waals surface area contributed by atoms with E-state index in [4.69, 9.17) is 11.6 Å². The van der Waals surface area contributed by atoms with Crippen LogP contribution in [0.4, 0.5) is 11.8 Å². The molecule has 0 spiro atoms. The lowest BCUT2D eigenvalue weighted by Gasteiger charge is -2.31. The minimum atomic E-state index is 0.248.